The molecule has 0 radical (unpaired) electrons. The zero-order valence-electron chi connectivity index (χ0n) is 26.9. The van der Waals surface area contributed by atoms with Crippen LogP contribution < -0.4 is 14.8 Å². The first-order valence-electron chi connectivity index (χ1n) is 16.2. The smallest absolute Gasteiger partial charge is 0.408 e. The lowest BCUT2D eigenvalue weighted by Gasteiger charge is -2.35. The number of alkyl carbamates (subject to hydrolysis) is 1. The van der Waals surface area contributed by atoms with Crippen LogP contribution in [0.3, 0.4) is 0 Å². The number of pyridine rings is 1. The molecule has 2 unspecified atom stereocenters. The van der Waals surface area contributed by atoms with Gasteiger partial charge in [0.2, 0.25) is 11.8 Å². The topological polar surface area (TPSA) is 107 Å². The van der Waals surface area contributed by atoms with E-state index in [0.29, 0.717) is 43.1 Å². The third-order valence-electron chi connectivity index (χ3n) is 10.5. The third-order valence-corrected chi connectivity index (χ3v) is 10.5. The average Bonchev–Trinajstić information content (AvgIpc) is 3.57. The summed E-state index contributed by atoms with van der Waals surface area (Å²) in [5, 5.41) is 2.68. The van der Waals surface area contributed by atoms with Gasteiger partial charge in [0, 0.05) is 23.8 Å². The second-order valence-corrected chi connectivity index (χ2v) is 14.5. The number of rotatable bonds is 2. The minimum Gasteiger partial charge on any atom is -0.497 e. The molecule has 1 N–H and O–H groups in total. The van der Waals surface area contributed by atoms with Gasteiger partial charge in [-0.05, 0) is 61.0 Å². The highest BCUT2D eigenvalue weighted by molar-refractivity contribution is 5.89. The van der Waals surface area contributed by atoms with Gasteiger partial charge in [0.05, 0.1) is 25.2 Å². The molecule has 2 bridgehead atoms. The molecule has 2 aliphatic carbocycles. The van der Waals surface area contributed by atoms with Crippen LogP contribution in [0, 0.1) is 34.9 Å². The van der Waals surface area contributed by atoms with Crippen LogP contribution in [0.15, 0.2) is 18.2 Å². The first-order valence-corrected chi connectivity index (χ1v) is 16.2. The van der Waals surface area contributed by atoms with Crippen molar-refractivity contribution in [1.29, 1.82) is 0 Å². The van der Waals surface area contributed by atoms with E-state index in [1.54, 1.807) is 27.7 Å². The number of carbonyl (C=O) groups is 3. The molecule has 1 aromatic heterocycles. The molecule has 2 aliphatic heterocycles. The molecule has 0 spiro atoms. The first kappa shape index (κ1) is 32.4. The van der Waals surface area contributed by atoms with Gasteiger partial charge in [-0.2, -0.15) is 0 Å². The summed E-state index contributed by atoms with van der Waals surface area (Å²) >= 11 is 0. The summed E-state index contributed by atoms with van der Waals surface area (Å²) in [6, 6.07) is 2.24. The van der Waals surface area contributed by atoms with Crippen LogP contribution in [0.2, 0.25) is 0 Å². The molecule has 1 aromatic carbocycles. The van der Waals surface area contributed by atoms with Gasteiger partial charge in [-0.25, -0.2) is 22.9 Å². The molecule has 2 amide bonds. The summed E-state index contributed by atoms with van der Waals surface area (Å²) in [5.74, 6) is -5.32. The van der Waals surface area contributed by atoms with Crippen LogP contribution in [0.4, 0.5) is 18.0 Å². The fraction of sp³-hybridized carbons (Fsp3) is 0.647. The highest BCUT2D eigenvalue weighted by Gasteiger charge is 2.55. The van der Waals surface area contributed by atoms with Crippen LogP contribution in [-0.2, 0) is 20.2 Å². The number of carbonyl (C=O) groups excluding carboxylic acids is 3. The Morgan fingerprint density at radius 1 is 1.11 bits per heavy atom. The SMILES string of the molecule is COc1ccc2c(F)c3c(nc2c1)O[C@H]1CN(C(=O)[C@H](C(C)(C)C)NC(=O)O[C@@H]2CC4CC4[C@H]2CCCCC3(F)F)[C@H](C=O)[C@@H]1C. The second kappa shape index (κ2) is 11.9. The van der Waals surface area contributed by atoms with Gasteiger partial charge < -0.3 is 29.2 Å². The van der Waals surface area contributed by atoms with Gasteiger partial charge in [-0.3, -0.25) is 4.79 Å². The Labute approximate surface area is 266 Å². The molecule has 6 rings (SSSR count). The van der Waals surface area contributed by atoms with E-state index in [4.69, 9.17) is 14.2 Å². The van der Waals surface area contributed by atoms with E-state index in [-0.39, 0.29) is 35.9 Å². The highest BCUT2D eigenvalue weighted by Crippen LogP contribution is 2.58. The summed E-state index contributed by atoms with van der Waals surface area (Å²) < 4.78 is 65.6. The molecule has 1 saturated heterocycles. The van der Waals surface area contributed by atoms with Gasteiger partial charge in [-0.15, -0.1) is 0 Å². The number of nitrogens with zero attached hydrogens (tertiary/aromatic N) is 2. The lowest BCUT2D eigenvalue weighted by atomic mass is 9.85. The fourth-order valence-corrected chi connectivity index (χ4v) is 7.73. The molecule has 8 atom stereocenters. The Bertz CT molecular complexity index is 1530. The minimum atomic E-state index is -3.63. The maximum atomic E-state index is 16.2. The molecular formula is C34H42F3N3O6. The van der Waals surface area contributed by atoms with Crippen molar-refractivity contribution in [2.75, 3.05) is 13.7 Å². The van der Waals surface area contributed by atoms with Gasteiger partial charge in [0.15, 0.2) is 0 Å². The van der Waals surface area contributed by atoms with Crippen LogP contribution in [0.25, 0.3) is 10.9 Å². The lowest BCUT2D eigenvalue weighted by Crippen LogP contribution is -2.56. The van der Waals surface area contributed by atoms with Crippen molar-refractivity contribution in [3.63, 3.8) is 0 Å². The van der Waals surface area contributed by atoms with Gasteiger partial charge in [-0.1, -0.05) is 34.1 Å². The maximum Gasteiger partial charge on any atom is 0.408 e. The number of fused-ring (bicyclic) bond motifs is 7. The Morgan fingerprint density at radius 3 is 2.57 bits per heavy atom. The standard InChI is InChI=1S/C34H42F3N3O6/c1-17-24(16-41)40-15-26(17)45-30-27(28(35)21-10-9-19(44-5)14-23(21)38-30)34(36,37)11-7-6-8-20-22-12-18(22)13-25(20)46-32(43)39-29(31(40)42)33(2,3)4/h9-10,14,16-18,20,22,24-26,29H,6-8,11-13,15H2,1-5H3,(H,39,43)/t17-,18?,20+,22?,24+,25+,26-,29+/m0/s1. The molecule has 2 aromatic rings. The summed E-state index contributed by atoms with van der Waals surface area (Å²) in [7, 11) is 1.43. The van der Waals surface area contributed by atoms with Crippen LogP contribution in [-0.4, -0.2) is 66.1 Å². The van der Waals surface area contributed by atoms with E-state index in [1.807, 2.05) is 0 Å². The van der Waals surface area contributed by atoms with Crippen molar-refractivity contribution in [3.05, 3.63) is 29.6 Å². The second-order valence-electron chi connectivity index (χ2n) is 14.5. The largest absolute Gasteiger partial charge is 0.497 e. The minimum absolute atomic E-state index is 0.0274. The number of hydrogen-bond donors (Lipinski definition) is 1. The Morgan fingerprint density at radius 2 is 1.87 bits per heavy atom. The molecule has 250 valence electrons. The van der Waals surface area contributed by atoms with E-state index >= 15 is 13.2 Å². The van der Waals surface area contributed by atoms with E-state index in [0.717, 1.165) is 6.42 Å². The third kappa shape index (κ3) is 5.88. The average molecular weight is 646 g/mol. The molecule has 3 fully saturated rings. The Hall–Kier alpha value is -3.57. The Kier molecular flexibility index (Phi) is 8.38. The molecule has 4 aliphatic rings. The first-order chi connectivity index (χ1) is 21.7. The van der Waals surface area contributed by atoms with Crippen molar-refractivity contribution in [2.45, 2.75) is 96.4 Å². The monoisotopic (exact) mass is 645 g/mol. The fourth-order valence-electron chi connectivity index (χ4n) is 7.73. The van der Waals surface area contributed by atoms with Gasteiger partial charge in [0.1, 0.15) is 41.7 Å². The zero-order chi connectivity index (χ0) is 33.1. The summed E-state index contributed by atoms with van der Waals surface area (Å²) in [4.78, 5) is 45.3. The predicted molar refractivity (Wildman–Crippen MR) is 162 cm³/mol. The number of halogens is 3. The number of aromatic nitrogens is 1. The molecule has 12 heteroatoms. The Balaban J connectivity index is 1.42. The number of ether oxygens (including phenoxy) is 3. The maximum absolute atomic E-state index is 16.2. The lowest BCUT2D eigenvalue weighted by molar-refractivity contribution is -0.139. The summed E-state index contributed by atoms with van der Waals surface area (Å²) in [5.41, 5.74) is -1.63. The van der Waals surface area contributed by atoms with E-state index in [1.165, 1.54) is 30.2 Å². The molecule has 2 saturated carbocycles. The quantitative estimate of drug-likeness (QED) is 0.399. The molecular weight excluding hydrogens is 603 g/mol. The number of nitrogens with one attached hydrogen (secondary N) is 1. The van der Waals surface area contributed by atoms with Crippen LogP contribution in [0.1, 0.15) is 71.8 Å². The summed E-state index contributed by atoms with van der Waals surface area (Å²) in [6.07, 6.45) is 0.779. The van der Waals surface area contributed by atoms with Crippen molar-refractivity contribution < 1.29 is 41.8 Å². The molecule has 9 nitrogen and oxygen atoms in total. The summed E-state index contributed by atoms with van der Waals surface area (Å²) in [6.45, 7) is 6.89. The van der Waals surface area contributed by atoms with E-state index in [2.05, 4.69) is 10.3 Å². The number of benzene rings is 1. The zero-order valence-corrected chi connectivity index (χ0v) is 26.9. The highest BCUT2D eigenvalue weighted by atomic mass is 19.3. The van der Waals surface area contributed by atoms with Crippen molar-refractivity contribution in [3.8, 4) is 11.6 Å². The molecule has 3 heterocycles. The predicted octanol–water partition coefficient (Wildman–Crippen LogP) is 6.01. The van der Waals surface area contributed by atoms with Crippen molar-refractivity contribution >= 4 is 29.2 Å². The number of aldehydes is 1. The number of amides is 2. The van der Waals surface area contributed by atoms with Crippen molar-refractivity contribution in [1.82, 2.24) is 15.2 Å². The van der Waals surface area contributed by atoms with Gasteiger partial charge >= 0.3 is 6.09 Å². The van der Waals surface area contributed by atoms with E-state index in [9.17, 15) is 14.4 Å². The normalized spacial score (nSPS) is 33.0. The van der Waals surface area contributed by atoms with E-state index < -0.39 is 71.1 Å². The van der Waals surface area contributed by atoms with Crippen LogP contribution in [0.5, 0.6) is 11.6 Å². The number of alkyl halides is 2. The van der Waals surface area contributed by atoms with Gasteiger partial charge in [0.25, 0.3) is 5.92 Å². The number of hydrogen-bond acceptors (Lipinski definition) is 7. The van der Waals surface area contributed by atoms with Crippen molar-refractivity contribution in [2.24, 2.45) is 29.1 Å². The number of methoxy groups -OCH3 is 1. The molecule has 46 heavy (non-hydrogen) atoms. The van der Waals surface area contributed by atoms with Crippen LogP contribution >= 0.6 is 0 Å².